The molecule has 0 bridgehead atoms. The van der Waals surface area contributed by atoms with Crippen LogP contribution in [0.25, 0.3) is 0 Å². The second-order valence-electron chi connectivity index (χ2n) is 8.85. The highest BCUT2D eigenvalue weighted by atomic mass is 16.5. The van der Waals surface area contributed by atoms with Crippen LogP contribution < -0.4 is 10.6 Å². The number of carbonyl (C=O) groups is 3. The standard InChI is InChI=1S/C31H25N3O4/c32-31(30(37)38-21-22-12-4-1-5-13-22)29(36)34(20-27(35)23-14-6-2-7-15-23)26-19-11-10-18-25(26)28(33-31)24-16-8-3-9-17-24/h1-19H,20-21,32H2. The van der Waals surface area contributed by atoms with Gasteiger partial charge in [-0.1, -0.05) is 109 Å². The van der Waals surface area contributed by atoms with Gasteiger partial charge in [0.25, 0.3) is 11.6 Å². The average molecular weight is 504 g/mol. The van der Waals surface area contributed by atoms with Crippen molar-refractivity contribution in [3.8, 4) is 0 Å². The smallest absolute Gasteiger partial charge is 0.359 e. The summed E-state index contributed by atoms with van der Waals surface area (Å²) in [6.07, 6.45) is 0. The number of esters is 1. The molecule has 38 heavy (non-hydrogen) atoms. The lowest BCUT2D eigenvalue weighted by Crippen LogP contribution is -2.60. The predicted molar refractivity (Wildman–Crippen MR) is 145 cm³/mol. The van der Waals surface area contributed by atoms with Crippen LogP contribution in [0.1, 0.15) is 27.0 Å². The third-order valence-corrected chi connectivity index (χ3v) is 6.28. The Kier molecular flexibility index (Phi) is 6.93. The van der Waals surface area contributed by atoms with E-state index in [1.54, 1.807) is 66.7 Å². The molecule has 4 aromatic rings. The minimum absolute atomic E-state index is 0.0853. The van der Waals surface area contributed by atoms with Crippen LogP contribution in [0.4, 0.5) is 5.69 Å². The quantitative estimate of drug-likeness (QED) is 0.232. The second kappa shape index (κ2) is 10.6. The number of para-hydroxylation sites is 1. The number of Topliss-reactive ketones (excluding diaryl/α,β-unsaturated/α-hetero) is 1. The highest BCUT2D eigenvalue weighted by Gasteiger charge is 2.50. The van der Waals surface area contributed by atoms with Crippen molar-refractivity contribution < 1.29 is 19.1 Å². The summed E-state index contributed by atoms with van der Waals surface area (Å²) in [6.45, 7) is -0.416. The van der Waals surface area contributed by atoms with Crippen LogP contribution >= 0.6 is 0 Å². The van der Waals surface area contributed by atoms with Crippen molar-refractivity contribution >= 4 is 29.1 Å². The zero-order valence-corrected chi connectivity index (χ0v) is 20.5. The number of ether oxygens (including phenoxy) is 1. The van der Waals surface area contributed by atoms with Gasteiger partial charge < -0.3 is 9.64 Å². The number of benzene rings is 4. The molecule has 0 saturated heterocycles. The number of aliphatic imine (C=N–C) groups is 1. The van der Waals surface area contributed by atoms with Crippen molar-refractivity contribution in [3.63, 3.8) is 0 Å². The molecule has 0 aromatic heterocycles. The monoisotopic (exact) mass is 503 g/mol. The molecule has 1 unspecified atom stereocenters. The fourth-order valence-electron chi connectivity index (χ4n) is 4.31. The van der Waals surface area contributed by atoms with Crippen LogP contribution in [0.5, 0.6) is 0 Å². The highest BCUT2D eigenvalue weighted by Crippen LogP contribution is 2.31. The molecule has 1 atom stereocenters. The maximum absolute atomic E-state index is 14.1. The molecule has 1 heterocycles. The molecule has 188 valence electrons. The zero-order valence-electron chi connectivity index (χ0n) is 20.5. The van der Waals surface area contributed by atoms with E-state index in [4.69, 9.17) is 10.5 Å². The van der Waals surface area contributed by atoms with E-state index in [2.05, 4.69) is 4.99 Å². The van der Waals surface area contributed by atoms with Crippen molar-refractivity contribution in [1.82, 2.24) is 0 Å². The Balaban J connectivity index is 1.60. The van der Waals surface area contributed by atoms with E-state index >= 15 is 0 Å². The maximum atomic E-state index is 14.1. The summed E-state index contributed by atoms with van der Waals surface area (Å²) < 4.78 is 5.51. The van der Waals surface area contributed by atoms with Crippen molar-refractivity contribution in [3.05, 3.63) is 138 Å². The van der Waals surface area contributed by atoms with Crippen molar-refractivity contribution in [1.29, 1.82) is 0 Å². The highest BCUT2D eigenvalue weighted by molar-refractivity contribution is 6.26. The van der Waals surface area contributed by atoms with Gasteiger partial charge in [0.15, 0.2) is 5.78 Å². The van der Waals surface area contributed by atoms with E-state index in [-0.39, 0.29) is 18.9 Å². The number of hydrogen-bond donors (Lipinski definition) is 1. The molecule has 0 spiro atoms. The Hall–Kier alpha value is -4.88. The number of fused-ring (bicyclic) bond motifs is 1. The Morgan fingerprint density at radius 3 is 2.05 bits per heavy atom. The molecular weight excluding hydrogens is 478 g/mol. The number of anilines is 1. The largest absolute Gasteiger partial charge is 0.458 e. The lowest BCUT2D eigenvalue weighted by atomic mass is 10.00. The van der Waals surface area contributed by atoms with Crippen LogP contribution in [-0.2, 0) is 20.9 Å². The molecule has 1 amide bonds. The van der Waals surface area contributed by atoms with Crippen molar-refractivity contribution in [2.24, 2.45) is 10.7 Å². The molecule has 0 radical (unpaired) electrons. The van der Waals surface area contributed by atoms with E-state index in [9.17, 15) is 14.4 Å². The van der Waals surface area contributed by atoms with Gasteiger partial charge in [0.05, 0.1) is 17.9 Å². The summed E-state index contributed by atoms with van der Waals surface area (Å²) in [5.74, 6) is -2.17. The number of hydrogen-bond acceptors (Lipinski definition) is 6. The lowest BCUT2D eigenvalue weighted by molar-refractivity contribution is -0.154. The summed E-state index contributed by atoms with van der Waals surface area (Å²) in [5.41, 5.74) is 7.30. The first-order chi connectivity index (χ1) is 18.5. The molecule has 4 aromatic carbocycles. The molecular formula is C31H25N3O4. The van der Waals surface area contributed by atoms with E-state index in [1.807, 2.05) is 48.5 Å². The molecule has 2 N–H and O–H groups in total. The van der Waals surface area contributed by atoms with E-state index < -0.39 is 17.5 Å². The summed E-state index contributed by atoms with van der Waals surface area (Å²) >= 11 is 0. The number of amides is 1. The summed E-state index contributed by atoms with van der Waals surface area (Å²) in [5, 5.41) is 0. The minimum Gasteiger partial charge on any atom is -0.458 e. The van der Waals surface area contributed by atoms with Crippen molar-refractivity contribution in [2.75, 3.05) is 11.4 Å². The van der Waals surface area contributed by atoms with Crippen molar-refractivity contribution in [2.45, 2.75) is 12.3 Å². The van der Waals surface area contributed by atoms with Crippen LogP contribution in [0.3, 0.4) is 0 Å². The number of nitrogens with zero attached hydrogens (tertiary/aromatic N) is 2. The molecule has 1 aliphatic heterocycles. The van der Waals surface area contributed by atoms with Gasteiger partial charge in [0.1, 0.15) is 6.61 Å². The Bertz CT molecular complexity index is 1500. The Morgan fingerprint density at radius 2 is 1.37 bits per heavy atom. The minimum atomic E-state index is -2.42. The van der Waals surface area contributed by atoms with Crippen LogP contribution in [0, 0.1) is 0 Å². The average Bonchev–Trinajstić information content (AvgIpc) is 3.07. The van der Waals surface area contributed by atoms with E-state index in [0.717, 1.165) is 5.56 Å². The molecule has 0 saturated carbocycles. The van der Waals surface area contributed by atoms with Crippen LogP contribution in [0.15, 0.2) is 120 Å². The first-order valence-electron chi connectivity index (χ1n) is 12.1. The molecule has 0 aliphatic carbocycles. The summed E-state index contributed by atoms with van der Waals surface area (Å²) in [4.78, 5) is 46.6. The molecule has 7 heteroatoms. The Morgan fingerprint density at radius 1 is 0.789 bits per heavy atom. The second-order valence-corrected chi connectivity index (χ2v) is 8.85. The van der Waals surface area contributed by atoms with Gasteiger partial charge in [-0.3, -0.25) is 15.3 Å². The number of ketones is 1. The van der Waals surface area contributed by atoms with Gasteiger partial charge in [-0.05, 0) is 11.6 Å². The summed E-state index contributed by atoms with van der Waals surface area (Å²) in [6, 6.07) is 33.9. The van der Waals surface area contributed by atoms with Gasteiger partial charge in [-0.25, -0.2) is 9.79 Å². The van der Waals surface area contributed by atoms with Crippen LogP contribution in [0.2, 0.25) is 0 Å². The van der Waals surface area contributed by atoms with Gasteiger partial charge in [0.2, 0.25) is 0 Å². The lowest BCUT2D eigenvalue weighted by Gasteiger charge is -2.28. The normalized spacial score (nSPS) is 16.7. The van der Waals surface area contributed by atoms with E-state index in [1.165, 1.54) is 4.90 Å². The maximum Gasteiger partial charge on any atom is 0.359 e. The fraction of sp³-hybridized carbons (Fsp3) is 0.0968. The van der Waals surface area contributed by atoms with Gasteiger partial charge in [-0.15, -0.1) is 0 Å². The topological polar surface area (TPSA) is 102 Å². The SMILES string of the molecule is NC1(C(=O)OCc2ccccc2)N=C(c2ccccc2)c2ccccc2N(CC(=O)c2ccccc2)C1=O. The molecule has 0 fully saturated rings. The molecule has 1 aliphatic rings. The first kappa shape index (κ1) is 24.8. The van der Waals surface area contributed by atoms with E-state index in [0.29, 0.717) is 28.1 Å². The van der Waals surface area contributed by atoms with Crippen LogP contribution in [-0.4, -0.2) is 35.6 Å². The fourth-order valence-corrected chi connectivity index (χ4v) is 4.31. The summed E-state index contributed by atoms with van der Waals surface area (Å²) in [7, 11) is 0. The van der Waals surface area contributed by atoms with Gasteiger partial charge in [-0.2, -0.15) is 0 Å². The third kappa shape index (κ3) is 4.87. The number of nitrogens with two attached hydrogens (primary N) is 1. The number of benzodiazepines with no additional fused rings is 1. The number of carbonyl (C=O) groups excluding carboxylic acids is 3. The molecule has 7 nitrogen and oxygen atoms in total. The zero-order chi connectivity index (χ0) is 26.5. The predicted octanol–water partition coefficient (Wildman–Crippen LogP) is 4.15. The number of rotatable bonds is 7. The molecule has 5 rings (SSSR count). The Labute approximate surface area is 220 Å². The van der Waals surface area contributed by atoms with Gasteiger partial charge in [0, 0.05) is 16.7 Å². The first-order valence-corrected chi connectivity index (χ1v) is 12.1. The third-order valence-electron chi connectivity index (χ3n) is 6.28. The van der Waals surface area contributed by atoms with Gasteiger partial charge >= 0.3 is 5.97 Å².